The van der Waals surface area contributed by atoms with E-state index in [1.165, 1.54) is 12.1 Å². The van der Waals surface area contributed by atoms with Gasteiger partial charge in [0.05, 0.1) is 0 Å². The van der Waals surface area contributed by atoms with Crippen molar-refractivity contribution in [3.63, 3.8) is 0 Å². The van der Waals surface area contributed by atoms with Crippen molar-refractivity contribution in [1.29, 1.82) is 0 Å². The van der Waals surface area contributed by atoms with Crippen molar-refractivity contribution in [2.24, 2.45) is 0 Å². The van der Waals surface area contributed by atoms with Crippen molar-refractivity contribution in [3.8, 4) is 0 Å². The molecule has 0 aliphatic rings. The SMILES string of the molecule is CCC(C)NC(=O)c1cccc(C(=O)NCCc2ccc(F)cc2)n1. The number of halogens is 1. The first-order valence-corrected chi connectivity index (χ1v) is 8.30. The zero-order valence-electron chi connectivity index (χ0n) is 14.4. The van der Waals surface area contributed by atoms with Gasteiger partial charge in [0.25, 0.3) is 11.8 Å². The average Bonchev–Trinajstić information content (AvgIpc) is 2.63. The Morgan fingerprint density at radius 3 is 2.36 bits per heavy atom. The molecule has 0 spiro atoms. The minimum absolute atomic E-state index is 0.0440. The van der Waals surface area contributed by atoms with Gasteiger partial charge in [0.15, 0.2) is 0 Å². The molecule has 0 saturated heterocycles. The van der Waals surface area contributed by atoms with E-state index >= 15 is 0 Å². The molecule has 2 N–H and O–H groups in total. The minimum Gasteiger partial charge on any atom is -0.350 e. The number of nitrogens with zero attached hydrogens (tertiary/aromatic N) is 1. The van der Waals surface area contributed by atoms with Crippen molar-refractivity contribution < 1.29 is 14.0 Å². The largest absolute Gasteiger partial charge is 0.350 e. The van der Waals surface area contributed by atoms with Gasteiger partial charge in [-0.2, -0.15) is 0 Å². The summed E-state index contributed by atoms with van der Waals surface area (Å²) in [7, 11) is 0. The predicted molar refractivity (Wildman–Crippen MR) is 93.9 cm³/mol. The molecule has 0 aliphatic carbocycles. The summed E-state index contributed by atoms with van der Waals surface area (Å²) in [5, 5.41) is 5.57. The first kappa shape index (κ1) is 18.6. The van der Waals surface area contributed by atoms with Gasteiger partial charge < -0.3 is 10.6 Å². The Bertz CT molecular complexity index is 732. The van der Waals surface area contributed by atoms with Gasteiger partial charge >= 0.3 is 0 Å². The van der Waals surface area contributed by atoms with Crippen LogP contribution in [0.5, 0.6) is 0 Å². The third-order valence-electron chi connectivity index (χ3n) is 3.82. The Morgan fingerprint density at radius 2 is 1.72 bits per heavy atom. The molecular formula is C19H22FN3O2. The molecule has 5 nitrogen and oxygen atoms in total. The van der Waals surface area contributed by atoms with E-state index in [1.54, 1.807) is 30.3 Å². The van der Waals surface area contributed by atoms with Gasteiger partial charge in [0.1, 0.15) is 17.2 Å². The number of amides is 2. The number of carbonyl (C=O) groups is 2. The third kappa shape index (κ3) is 5.67. The lowest BCUT2D eigenvalue weighted by atomic mass is 10.1. The number of nitrogens with one attached hydrogen (secondary N) is 2. The minimum atomic E-state index is -0.347. The highest BCUT2D eigenvalue weighted by Gasteiger charge is 2.13. The maximum absolute atomic E-state index is 12.9. The third-order valence-corrected chi connectivity index (χ3v) is 3.82. The summed E-state index contributed by atoms with van der Waals surface area (Å²) in [5.74, 6) is -0.930. The summed E-state index contributed by atoms with van der Waals surface area (Å²) >= 11 is 0. The molecule has 0 fully saturated rings. The van der Waals surface area contributed by atoms with Crippen LogP contribution in [0.4, 0.5) is 4.39 Å². The van der Waals surface area contributed by atoms with Crippen LogP contribution in [0.3, 0.4) is 0 Å². The van der Waals surface area contributed by atoms with E-state index in [2.05, 4.69) is 15.6 Å². The summed E-state index contributed by atoms with van der Waals surface area (Å²) in [6.45, 7) is 4.28. The van der Waals surface area contributed by atoms with E-state index in [4.69, 9.17) is 0 Å². The summed E-state index contributed by atoms with van der Waals surface area (Å²) in [6.07, 6.45) is 1.40. The van der Waals surface area contributed by atoms with E-state index in [9.17, 15) is 14.0 Å². The second kappa shape index (κ2) is 8.92. The van der Waals surface area contributed by atoms with Crippen molar-refractivity contribution in [3.05, 3.63) is 65.2 Å². The average molecular weight is 343 g/mol. The highest BCUT2D eigenvalue weighted by molar-refractivity contribution is 5.96. The fourth-order valence-corrected chi connectivity index (χ4v) is 2.15. The van der Waals surface area contributed by atoms with Crippen LogP contribution in [0.1, 0.15) is 46.8 Å². The molecule has 132 valence electrons. The van der Waals surface area contributed by atoms with Gasteiger partial charge in [-0.1, -0.05) is 25.1 Å². The lowest BCUT2D eigenvalue weighted by Crippen LogP contribution is -2.33. The van der Waals surface area contributed by atoms with E-state index < -0.39 is 0 Å². The monoisotopic (exact) mass is 343 g/mol. The molecule has 6 heteroatoms. The lowest BCUT2D eigenvalue weighted by Gasteiger charge is -2.11. The van der Waals surface area contributed by atoms with Crippen LogP contribution in [0.25, 0.3) is 0 Å². The summed E-state index contributed by atoms with van der Waals surface area (Å²) < 4.78 is 12.9. The maximum Gasteiger partial charge on any atom is 0.270 e. The second-order valence-electron chi connectivity index (χ2n) is 5.82. The van der Waals surface area contributed by atoms with Crippen LogP contribution in [0.2, 0.25) is 0 Å². The van der Waals surface area contributed by atoms with Gasteiger partial charge in [-0.25, -0.2) is 9.37 Å². The quantitative estimate of drug-likeness (QED) is 0.812. The van der Waals surface area contributed by atoms with E-state index in [-0.39, 0.29) is 35.1 Å². The van der Waals surface area contributed by atoms with Crippen LogP contribution < -0.4 is 10.6 Å². The van der Waals surface area contributed by atoms with Gasteiger partial charge in [0.2, 0.25) is 0 Å². The molecule has 1 unspecified atom stereocenters. The van der Waals surface area contributed by atoms with Crippen molar-refractivity contribution in [1.82, 2.24) is 15.6 Å². The van der Waals surface area contributed by atoms with E-state index in [0.29, 0.717) is 13.0 Å². The molecule has 1 atom stereocenters. The fraction of sp³-hybridized carbons (Fsp3) is 0.316. The van der Waals surface area contributed by atoms with Crippen LogP contribution in [0.15, 0.2) is 42.5 Å². The van der Waals surface area contributed by atoms with Gasteiger partial charge in [0, 0.05) is 12.6 Å². The summed E-state index contributed by atoms with van der Waals surface area (Å²) in [5.41, 5.74) is 1.33. The molecule has 0 saturated carbocycles. The lowest BCUT2D eigenvalue weighted by molar-refractivity contribution is 0.0933. The van der Waals surface area contributed by atoms with Crippen LogP contribution in [-0.2, 0) is 6.42 Å². The van der Waals surface area contributed by atoms with Gasteiger partial charge in [-0.05, 0) is 49.6 Å². The normalized spacial score (nSPS) is 11.6. The van der Waals surface area contributed by atoms with E-state index in [1.807, 2.05) is 13.8 Å². The fourth-order valence-electron chi connectivity index (χ4n) is 2.15. The standard InChI is InChI=1S/C19H22FN3O2/c1-3-13(2)22-19(25)17-6-4-5-16(23-17)18(24)21-12-11-14-7-9-15(20)10-8-14/h4-10,13H,3,11-12H2,1-2H3,(H,21,24)(H,22,25). The Hall–Kier alpha value is -2.76. The number of rotatable bonds is 7. The number of benzene rings is 1. The van der Waals surface area contributed by atoms with E-state index in [0.717, 1.165) is 12.0 Å². The molecular weight excluding hydrogens is 321 g/mol. The molecule has 0 radical (unpaired) electrons. The Labute approximate surface area is 146 Å². The molecule has 1 heterocycles. The summed E-state index contributed by atoms with van der Waals surface area (Å²) in [4.78, 5) is 28.4. The molecule has 2 rings (SSSR count). The zero-order chi connectivity index (χ0) is 18.2. The molecule has 1 aromatic heterocycles. The number of pyridine rings is 1. The number of hydrogen-bond acceptors (Lipinski definition) is 3. The molecule has 2 amide bonds. The topological polar surface area (TPSA) is 71.1 Å². The van der Waals surface area contributed by atoms with Crippen LogP contribution >= 0.6 is 0 Å². The highest BCUT2D eigenvalue weighted by Crippen LogP contribution is 2.04. The maximum atomic E-state index is 12.9. The smallest absolute Gasteiger partial charge is 0.270 e. The molecule has 0 bridgehead atoms. The van der Waals surface area contributed by atoms with Gasteiger partial charge in [-0.15, -0.1) is 0 Å². The first-order valence-electron chi connectivity index (χ1n) is 8.30. The van der Waals surface area contributed by atoms with Crippen LogP contribution in [-0.4, -0.2) is 29.4 Å². The molecule has 2 aromatic rings. The zero-order valence-corrected chi connectivity index (χ0v) is 14.4. The Balaban J connectivity index is 1.91. The molecule has 1 aromatic carbocycles. The Kier molecular flexibility index (Phi) is 6.62. The highest BCUT2D eigenvalue weighted by atomic mass is 19.1. The van der Waals surface area contributed by atoms with Crippen LogP contribution in [0, 0.1) is 5.82 Å². The van der Waals surface area contributed by atoms with Gasteiger partial charge in [-0.3, -0.25) is 9.59 Å². The van der Waals surface area contributed by atoms with Crippen molar-refractivity contribution in [2.75, 3.05) is 6.54 Å². The number of hydrogen-bond donors (Lipinski definition) is 2. The van der Waals surface area contributed by atoms with Crippen molar-refractivity contribution in [2.45, 2.75) is 32.7 Å². The summed E-state index contributed by atoms with van der Waals surface area (Å²) in [6, 6.07) is 10.9. The number of carbonyl (C=O) groups excluding carboxylic acids is 2. The molecule has 25 heavy (non-hydrogen) atoms. The van der Waals surface area contributed by atoms with Crippen molar-refractivity contribution >= 4 is 11.8 Å². The predicted octanol–water partition coefficient (Wildman–Crippen LogP) is 2.72. The second-order valence-corrected chi connectivity index (χ2v) is 5.82. The Morgan fingerprint density at radius 1 is 1.08 bits per heavy atom. The number of aromatic nitrogens is 1. The molecule has 0 aliphatic heterocycles. The first-order chi connectivity index (χ1) is 12.0.